The zero-order valence-corrected chi connectivity index (χ0v) is 10.6. The fourth-order valence-electron chi connectivity index (χ4n) is 1.22. The standard InChI is InChI=1S/C11H9ClN2O2S/c1-2-16-11(15)8-6-17-10(14-8)9-7(12)4-3-5-13-9/h3-6H,2H2,1H3. The Kier molecular flexibility index (Phi) is 3.71. The molecule has 17 heavy (non-hydrogen) atoms. The molecule has 2 aromatic heterocycles. The number of aromatic nitrogens is 2. The van der Waals surface area contributed by atoms with Crippen molar-refractivity contribution < 1.29 is 9.53 Å². The van der Waals surface area contributed by atoms with Gasteiger partial charge < -0.3 is 4.74 Å². The van der Waals surface area contributed by atoms with Crippen molar-refractivity contribution in [3.05, 3.63) is 34.4 Å². The van der Waals surface area contributed by atoms with Gasteiger partial charge in [-0.3, -0.25) is 4.98 Å². The van der Waals surface area contributed by atoms with E-state index in [0.29, 0.717) is 22.3 Å². The van der Waals surface area contributed by atoms with Gasteiger partial charge in [-0.05, 0) is 19.1 Å². The Labute approximate surface area is 107 Å². The third kappa shape index (κ3) is 2.62. The maximum absolute atomic E-state index is 11.4. The molecule has 0 spiro atoms. The van der Waals surface area contributed by atoms with E-state index in [2.05, 4.69) is 9.97 Å². The van der Waals surface area contributed by atoms with Crippen LogP contribution >= 0.6 is 22.9 Å². The zero-order valence-electron chi connectivity index (χ0n) is 9.01. The first kappa shape index (κ1) is 12.0. The minimum Gasteiger partial charge on any atom is -0.461 e. The van der Waals surface area contributed by atoms with Crippen molar-refractivity contribution in [2.45, 2.75) is 6.92 Å². The van der Waals surface area contributed by atoms with E-state index in [1.807, 2.05) is 0 Å². The topological polar surface area (TPSA) is 52.1 Å². The Morgan fingerprint density at radius 1 is 1.59 bits per heavy atom. The van der Waals surface area contributed by atoms with Crippen molar-refractivity contribution in [3.63, 3.8) is 0 Å². The second-order valence-electron chi connectivity index (χ2n) is 3.09. The molecule has 0 fully saturated rings. The molecule has 0 amide bonds. The van der Waals surface area contributed by atoms with Crippen LogP contribution in [-0.2, 0) is 4.74 Å². The first-order valence-corrected chi connectivity index (χ1v) is 6.21. The SMILES string of the molecule is CCOC(=O)c1csc(-c2ncccc2Cl)n1. The van der Waals surface area contributed by atoms with Crippen molar-refractivity contribution in [1.29, 1.82) is 0 Å². The molecule has 0 aliphatic heterocycles. The van der Waals surface area contributed by atoms with Gasteiger partial charge in [0, 0.05) is 11.6 Å². The van der Waals surface area contributed by atoms with Crippen LogP contribution in [0.5, 0.6) is 0 Å². The normalized spacial score (nSPS) is 10.2. The second-order valence-corrected chi connectivity index (χ2v) is 4.36. The third-order valence-corrected chi connectivity index (χ3v) is 3.10. The predicted molar refractivity (Wildman–Crippen MR) is 66.3 cm³/mol. The van der Waals surface area contributed by atoms with Gasteiger partial charge in [-0.15, -0.1) is 11.3 Å². The largest absolute Gasteiger partial charge is 0.461 e. The fraction of sp³-hybridized carbons (Fsp3) is 0.182. The maximum Gasteiger partial charge on any atom is 0.357 e. The number of pyridine rings is 1. The molecule has 0 saturated carbocycles. The molecule has 0 saturated heterocycles. The molecule has 2 rings (SSSR count). The number of rotatable bonds is 3. The lowest BCUT2D eigenvalue weighted by molar-refractivity contribution is 0.0520. The lowest BCUT2D eigenvalue weighted by Gasteiger charge is -1.98. The van der Waals surface area contributed by atoms with Gasteiger partial charge in [0.2, 0.25) is 0 Å². The highest BCUT2D eigenvalue weighted by molar-refractivity contribution is 7.13. The Bertz CT molecular complexity index is 542. The number of thiazole rings is 1. The van der Waals surface area contributed by atoms with Crippen LogP contribution in [0.3, 0.4) is 0 Å². The summed E-state index contributed by atoms with van der Waals surface area (Å²) in [4.78, 5) is 19.7. The van der Waals surface area contributed by atoms with Crippen molar-refractivity contribution in [2.24, 2.45) is 0 Å². The number of carbonyl (C=O) groups excluding carboxylic acids is 1. The number of hydrogen-bond donors (Lipinski definition) is 0. The monoisotopic (exact) mass is 268 g/mol. The molecule has 0 aliphatic carbocycles. The third-order valence-electron chi connectivity index (χ3n) is 1.95. The number of halogens is 1. The van der Waals surface area contributed by atoms with E-state index < -0.39 is 5.97 Å². The van der Waals surface area contributed by atoms with Gasteiger partial charge in [0.15, 0.2) is 5.69 Å². The minimum absolute atomic E-state index is 0.286. The molecule has 0 radical (unpaired) electrons. The molecule has 0 N–H and O–H groups in total. The van der Waals surface area contributed by atoms with Gasteiger partial charge in [-0.2, -0.15) is 0 Å². The van der Waals surface area contributed by atoms with Crippen LogP contribution in [0.2, 0.25) is 5.02 Å². The van der Waals surface area contributed by atoms with Gasteiger partial charge in [-0.25, -0.2) is 9.78 Å². The van der Waals surface area contributed by atoms with Gasteiger partial charge >= 0.3 is 5.97 Å². The Morgan fingerprint density at radius 3 is 3.12 bits per heavy atom. The van der Waals surface area contributed by atoms with Gasteiger partial charge in [0.25, 0.3) is 0 Å². The van der Waals surface area contributed by atoms with E-state index in [-0.39, 0.29) is 5.69 Å². The average Bonchev–Trinajstić information content (AvgIpc) is 2.79. The highest BCUT2D eigenvalue weighted by Gasteiger charge is 2.14. The molecule has 0 atom stereocenters. The predicted octanol–water partition coefficient (Wildman–Crippen LogP) is 3.04. The van der Waals surface area contributed by atoms with Crippen LogP contribution in [0.25, 0.3) is 10.7 Å². The number of ether oxygens (including phenoxy) is 1. The summed E-state index contributed by atoms with van der Waals surface area (Å²) in [5.74, 6) is -0.429. The summed E-state index contributed by atoms with van der Waals surface area (Å²) in [6.07, 6.45) is 1.63. The number of nitrogens with zero attached hydrogens (tertiary/aromatic N) is 2. The van der Waals surface area contributed by atoms with Crippen molar-refractivity contribution in [3.8, 4) is 10.7 Å². The lowest BCUT2D eigenvalue weighted by Crippen LogP contribution is -2.04. The summed E-state index contributed by atoms with van der Waals surface area (Å²) < 4.78 is 4.86. The highest BCUT2D eigenvalue weighted by atomic mass is 35.5. The Hall–Kier alpha value is -1.46. The molecule has 0 aliphatic rings. The first-order chi connectivity index (χ1) is 8.22. The Balaban J connectivity index is 2.30. The Morgan fingerprint density at radius 2 is 2.41 bits per heavy atom. The number of hydrogen-bond acceptors (Lipinski definition) is 5. The fourth-order valence-corrected chi connectivity index (χ4v) is 2.29. The molecule has 0 bridgehead atoms. The molecule has 0 unspecified atom stereocenters. The van der Waals surface area contributed by atoms with Gasteiger partial charge in [0.1, 0.15) is 10.7 Å². The van der Waals surface area contributed by atoms with Crippen LogP contribution in [0.4, 0.5) is 0 Å². The van der Waals surface area contributed by atoms with E-state index >= 15 is 0 Å². The van der Waals surface area contributed by atoms with E-state index in [1.54, 1.807) is 30.6 Å². The van der Waals surface area contributed by atoms with Crippen molar-refractivity contribution in [1.82, 2.24) is 9.97 Å². The average molecular weight is 269 g/mol. The van der Waals surface area contributed by atoms with Gasteiger partial charge in [-0.1, -0.05) is 11.6 Å². The minimum atomic E-state index is -0.429. The molecule has 0 aromatic carbocycles. The zero-order chi connectivity index (χ0) is 12.3. The molecule has 2 heterocycles. The van der Waals surface area contributed by atoms with Gasteiger partial charge in [0.05, 0.1) is 11.6 Å². The van der Waals surface area contributed by atoms with Crippen LogP contribution < -0.4 is 0 Å². The number of carbonyl (C=O) groups is 1. The summed E-state index contributed by atoms with van der Waals surface area (Å²) in [5, 5.41) is 2.76. The summed E-state index contributed by atoms with van der Waals surface area (Å²) in [6, 6.07) is 3.47. The van der Waals surface area contributed by atoms with E-state index in [9.17, 15) is 4.79 Å². The van der Waals surface area contributed by atoms with Crippen LogP contribution in [0, 0.1) is 0 Å². The highest BCUT2D eigenvalue weighted by Crippen LogP contribution is 2.28. The summed E-state index contributed by atoms with van der Waals surface area (Å²) >= 11 is 7.31. The molecule has 4 nitrogen and oxygen atoms in total. The number of esters is 1. The summed E-state index contributed by atoms with van der Waals surface area (Å²) in [6.45, 7) is 2.08. The summed E-state index contributed by atoms with van der Waals surface area (Å²) in [5.41, 5.74) is 0.864. The molecular formula is C11H9ClN2O2S. The molecule has 88 valence electrons. The lowest BCUT2D eigenvalue weighted by atomic mass is 10.3. The molecule has 2 aromatic rings. The van der Waals surface area contributed by atoms with Crippen molar-refractivity contribution >= 4 is 28.9 Å². The van der Waals surface area contributed by atoms with Crippen LogP contribution in [0.1, 0.15) is 17.4 Å². The summed E-state index contributed by atoms with van der Waals surface area (Å²) in [7, 11) is 0. The van der Waals surface area contributed by atoms with E-state index in [0.717, 1.165) is 0 Å². The van der Waals surface area contributed by atoms with E-state index in [1.165, 1.54) is 11.3 Å². The van der Waals surface area contributed by atoms with E-state index in [4.69, 9.17) is 16.3 Å². The first-order valence-electron chi connectivity index (χ1n) is 4.96. The van der Waals surface area contributed by atoms with Crippen LogP contribution in [0.15, 0.2) is 23.7 Å². The molecular weight excluding hydrogens is 260 g/mol. The quantitative estimate of drug-likeness (QED) is 0.803. The van der Waals surface area contributed by atoms with Crippen molar-refractivity contribution in [2.75, 3.05) is 6.61 Å². The second kappa shape index (κ2) is 5.25. The smallest absolute Gasteiger partial charge is 0.357 e. The van der Waals surface area contributed by atoms with Crippen LogP contribution in [-0.4, -0.2) is 22.5 Å². The maximum atomic E-state index is 11.4. The molecule has 6 heteroatoms.